The molecule has 0 aromatic heterocycles. The van der Waals surface area contributed by atoms with Gasteiger partial charge in [-0.05, 0) is 61.3 Å². The lowest BCUT2D eigenvalue weighted by Gasteiger charge is -2.33. The van der Waals surface area contributed by atoms with E-state index >= 15 is 0 Å². The fourth-order valence-corrected chi connectivity index (χ4v) is 4.58. The van der Waals surface area contributed by atoms with Crippen molar-refractivity contribution < 1.29 is 0 Å². The van der Waals surface area contributed by atoms with Gasteiger partial charge >= 0.3 is 0 Å². The normalized spacial score (nSPS) is 26.5. The van der Waals surface area contributed by atoms with Crippen molar-refractivity contribution in [2.45, 2.75) is 63.8 Å². The van der Waals surface area contributed by atoms with Crippen LogP contribution in [0.25, 0.3) is 0 Å². The number of hydrogen-bond donors (Lipinski definition) is 1. The molecule has 1 aromatic carbocycles. The average molecular weight is 283 g/mol. The second-order valence-electron chi connectivity index (χ2n) is 7.80. The molecular formula is C20H29N. The van der Waals surface area contributed by atoms with Crippen molar-refractivity contribution >= 4 is 0 Å². The van der Waals surface area contributed by atoms with E-state index in [1.54, 1.807) is 0 Å². The third-order valence-corrected chi connectivity index (χ3v) is 6.29. The summed E-state index contributed by atoms with van der Waals surface area (Å²) in [5.74, 6) is 1.92. The summed E-state index contributed by atoms with van der Waals surface area (Å²) in [6, 6.07) is 11.8. The second kappa shape index (κ2) is 5.76. The number of benzene rings is 1. The zero-order valence-corrected chi connectivity index (χ0v) is 13.2. The van der Waals surface area contributed by atoms with Crippen LogP contribution < -0.4 is 5.32 Å². The SMILES string of the molecule is c1ccc(C(NCC2(C3CC3)CC2)C2CCCCC2)cc1. The van der Waals surface area contributed by atoms with Crippen molar-refractivity contribution in [2.24, 2.45) is 17.3 Å². The molecule has 1 aromatic rings. The van der Waals surface area contributed by atoms with Crippen LogP contribution >= 0.6 is 0 Å². The highest BCUT2D eigenvalue weighted by Gasteiger charge is 2.53. The molecule has 0 saturated heterocycles. The van der Waals surface area contributed by atoms with Gasteiger partial charge in [-0.1, -0.05) is 49.6 Å². The standard InChI is InChI=1S/C20H29N/c1-3-7-16(8-4-1)19(17-9-5-2-6-10-17)21-15-20(13-14-20)18-11-12-18/h1,3-4,7-8,17-19,21H,2,5-6,9-15H2. The van der Waals surface area contributed by atoms with Crippen LogP contribution in [0.2, 0.25) is 0 Å². The van der Waals surface area contributed by atoms with Crippen molar-refractivity contribution in [1.82, 2.24) is 5.32 Å². The second-order valence-corrected chi connectivity index (χ2v) is 7.80. The topological polar surface area (TPSA) is 12.0 Å². The quantitative estimate of drug-likeness (QED) is 0.767. The van der Waals surface area contributed by atoms with Gasteiger partial charge in [0, 0.05) is 12.6 Å². The van der Waals surface area contributed by atoms with E-state index in [1.165, 1.54) is 69.9 Å². The molecule has 3 aliphatic carbocycles. The van der Waals surface area contributed by atoms with Gasteiger partial charge in [0.25, 0.3) is 0 Å². The van der Waals surface area contributed by atoms with E-state index in [9.17, 15) is 0 Å². The summed E-state index contributed by atoms with van der Waals surface area (Å²) < 4.78 is 0. The van der Waals surface area contributed by atoms with Gasteiger partial charge in [0.1, 0.15) is 0 Å². The molecule has 4 rings (SSSR count). The molecule has 1 atom stereocenters. The maximum atomic E-state index is 4.03. The fourth-order valence-electron chi connectivity index (χ4n) is 4.58. The summed E-state index contributed by atoms with van der Waals surface area (Å²) in [4.78, 5) is 0. The Morgan fingerprint density at radius 2 is 1.67 bits per heavy atom. The minimum absolute atomic E-state index is 0.600. The van der Waals surface area contributed by atoms with Gasteiger partial charge in [0.05, 0.1) is 0 Å². The van der Waals surface area contributed by atoms with Crippen LogP contribution in [0.15, 0.2) is 30.3 Å². The number of rotatable bonds is 6. The maximum absolute atomic E-state index is 4.03. The monoisotopic (exact) mass is 283 g/mol. The minimum atomic E-state index is 0.600. The van der Waals surface area contributed by atoms with Gasteiger partial charge < -0.3 is 5.32 Å². The largest absolute Gasteiger partial charge is 0.309 e. The average Bonchev–Trinajstić information content (AvgIpc) is 3.43. The molecular weight excluding hydrogens is 254 g/mol. The molecule has 1 heteroatoms. The highest BCUT2D eigenvalue weighted by molar-refractivity contribution is 5.20. The molecule has 0 radical (unpaired) electrons. The van der Waals surface area contributed by atoms with Gasteiger partial charge in [-0.25, -0.2) is 0 Å². The van der Waals surface area contributed by atoms with Crippen molar-refractivity contribution in [3.05, 3.63) is 35.9 Å². The third-order valence-electron chi connectivity index (χ3n) is 6.29. The van der Waals surface area contributed by atoms with Crippen molar-refractivity contribution in [3.8, 4) is 0 Å². The maximum Gasteiger partial charge on any atom is 0.0348 e. The first-order valence-corrected chi connectivity index (χ1v) is 9.16. The van der Waals surface area contributed by atoms with E-state index in [1.807, 2.05) is 0 Å². The van der Waals surface area contributed by atoms with Crippen LogP contribution in [0.4, 0.5) is 0 Å². The van der Waals surface area contributed by atoms with Crippen molar-refractivity contribution in [3.63, 3.8) is 0 Å². The van der Waals surface area contributed by atoms with Gasteiger partial charge in [0.15, 0.2) is 0 Å². The third kappa shape index (κ3) is 3.04. The van der Waals surface area contributed by atoms with E-state index in [4.69, 9.17) is 0 Å². The van der Waals surface area contributed by atoms with E-state index in [2.05, 4.69) is 35.6 Å². The predicted octanol–water partition coefficient (Wildman–Crippen LogP) is 5.09. The molecule has 0 aliphatic heterocycles. The first-order chi connectivity index (χ1) is 10.4. The Kier molecular flexibility index (Phi) is 3.79. The first-order valence-electron chi connectivity index (χ1n) is 9.16. The highest BCUT2D eigenvalue weighted by atomic mass is 15.0. The van der Waals surface area contributed by atoms with E-state index < -0.39 is 0 Å². The van der Waals surface area contributed by atoms with Gasteiger partial charge in [-0.15, -0.1) is 0 Å². The molecule has 0 spiro atoms. The van der Waals surface area contributed by atoms with E-state index in [0.717, 1.165) is 11.8 Å². The molecule has 0 amide bonds. The molecule has 0 bridgehead atoms. The Bertz CT molecular complexity index is 452. The van der Waals surface area contributed by atoms with Crippen molar-refractivity contribution in [1.29, 1.82) is 0 Å². The molecule has 1 unspecified atom stereocenters. The molecule has 0 heterocycles. The minimum Gasteiger partial charge on any atom is -0.309 e. The molecule has 3 saturated carbocycles. The predicted molar refractivity (Wildman–Crippen MR) is 88.2 cm³/mol. The molecule has 114 valence electrons. The highest BCUT2D eigenvalue weighted by Crippen LogP contribution is 2.61. The van der Waals surface area contributed by atoms with Crippen LogP contribution in [0, 0.1) is 17.3 Å². The Morgan fingerprint density at radius 3 is 2.29 bits per heavy atom. The van der Waals surface area contributed by atoms with Crippen molar-refractivity contribution in [2.75, 3.05) is 6.54 Å². The van der Waals surface area contributed by atoms with Gasteiger partial charge in [-0.3, -0.25) is 0 Å². The molecule has 1 nitrogen and oxygen atoms in total. The van der Waals surface area contributed by atoms with Crippen LogP contribution in [0.3, 0.4) is 0 Å². The van der Waals surface area contributed by atoms with Crippen LogP contribution in [-0.4, -0.2) is 6.54 Å². The van der Waals surface area contributed by atoms with E-state index in [-0.39, 0.29) is 0 Å². The van der Waals surface area contributed by atoms with Gasteiger partial charge in [0.2, 0.25) is 0 Å². The zero-order valence-electron chi connectivity index (χ0n) is 13.2. The van der Waals surface area contributed by atoms with E-state index in [0.29, 0.717) is 11.5 Å². The molecule has 3 aliphatic rings. The Balaban J connectivity index is 1.46. The Labute approximate surface area is 129 Å². The van der Waals surface area contributed by atoms with Crippen LogP contribution in [0.5, 0.6) is 0 Å². The molecule has 1 N–H and O–H groups in total. The summed E-state index contributed by atoms with van der Waals surface area (Å²) in [6.07, 6.45) is 13.1. The first kappa shape index (κ1) is 13.8. The smallest absolute Gasteiger partial charge is 0.0348 e. The Morgan fingerprint density at radius 1 is 0.952 bits per heavy atom. The summed E-state index contributed by atoms with van der Waals surface area (Å²) >= 11 is 0. The lowest BCUT2D eigenvalue weighted by molar-refractivity contribution is 0.252. The van der Waals surface area contributed by atoms with Gasteiger partial charge in [-0.2, -0.15) is 0 Å². The molecule has 3 fully saturated rings. The van der Waals surface area contributed by atoms with Crippen LogP contribution in [-0.2, 0) is 0 Å². The summed E-state index contributed by atoms with van der Waals surface area (Å²) in [5.41, 5.74) is 2.23. The summed E-state index contributed by atoms with van der Waals surface area (Å²) in [6.45, 7) is 1.27. The molecule has 21 heavy (non-hydrogen) atoms. The summed E-state index contributed by atoms with van der Waals surface area (Å²) in [5, 5.41) is 4.03. The zero-order chi connectivity index (χ0) is 14.1. The van der Waals surface area contributed by atoms with Crippen LogP contribution in [0.1, 0.15) is 69.4 Å². The lowest BCUT2D eigenvalue weighted by Crippen LogP contribution is -2.34. The lowest BCUT2D eigenvalue weighted by atomic mass is 9.81. The number of hydrogen-bond acceptors (Lipinski definition) is 1. The number of nitrogens with one attached hydrogen (secondary N) is 1. The fraction of sp³-hybridized carbons (Fsp3) is 0.700. The summed E-state index contributed by atoms with van der Waals surface area (Å²) in [7, 11) is 0. The Hall–Kier alpha value is -0.820.